The van der Waals surface area contributed by atoms with Crippen molar-refractivity contribution in [3.05, 3.63) is 60.2 Å². The first-order valence-corrected chi connectivity index (χ1v) is 11.6. The molecule has 30 heavy (non-hydrogen) atoms. The number of hydrogen-bond donors (Lipinski definition) is 3. The third-order valence-corrected chi connectivity index (χ3v) is 6.49. The molecule has 2 aromatic rings. The molecule has 1 amide bonds. The molecule has 5 heteroatoms. The Morgan fingerprint density at radius 1 is 0.800 bits per heavy atom. The Bertz CT molecular complexity index is 777. The number of nitrogens with one attached hydrogen (secondary N) is 3. The molecule has 2 aromatic carbocycles. The number of carbonyl (C=O) groups is 1. The first-order valence-electron chi connectivity index (χ1n) is 11.6. The van der Waals surface area contributed by atoms with E-state index in [2.05, 4.69) is 64.8 Å². The molecule has 2 aliphatic heterocycles. The van der Waals surface area contributed by atoms with E-state index < -0.39 is 0 Å². The number of benzene rings is 2. The highest BCUT2D eigenvalue weighted by Crippen LogP contribution is 2.21. The Hall–Kier alpha value is -2.37. The van der Waals surface area contributed by atoms with Crippen molar-refractivity contribution in [1.82, 2.24) is 0 Å². The molecule has 0 unspecified atom stereocenters. The molecule has 0 radical (unpaired) electrons. The van der Waals surface area contributed by atoms with Crippen LogP contribution < -0.4 is 20.0 Å². The van der Waals surface area contributed by atoms with Gasteiger partial charge in [-0.3, -0.25) is 4.79 Å². The lowest BCUT2D eigenvalue weighted by Crippen LogP contribution is -3.28. The summed E-state index contributed by atoms with van der Waals surface area (Å²) in [5.74, 6) is 0.124. The smallest absolute Gasteiger partial charge is 0.279 e. The van der Waals surface area contributed by atoms with Gasteiger partial charge in [0.2, 0.25) is 0 Å². The lowest BCUT2D eigenvalue weighted by atomic mass is 10.2. The molecule has 4 rings (SSSR count). The molecule has 2 fully saturated rings. The van der Waals surface area contributed by atoms with E-state index in [-0.39, 0.29) is 5.91 Å². The van der Waals surface area contributed by atoms with Crippen LogP contribution in [-0.4, -0.2) is 51.7 Å². The minimum Gasteiger partial charge on any atom is -0.372 e. The van der Waals surface area contributed by atoms with Crippen LogP contribution in [0.15, 0.2) is 54.6 Å². The van der Waals surface area contributed by atoms with Crippen LogP contribution in [0.25, 0.3) is 0 Å². The van der Waals surface area contributed by atoms with Crippen LogP contribution in [0.4, 0.5) is 11.4 Å². The topological polar surface area (TPSA) is 41.2 Å². The average Bonchev–Trinajstić information content (AvgIpc) is 3.06. The summed E-state index contributed by atoms with van der Waals surface area (Å²) in [6.07, 6.45) is 5.24. The van der Waals surface area contributed by atoms with Crippen molar-refractivity contribution in [2.24, 2.45) is 0 Å². The zero-order valence-corrected chi connectivity index (χ0v) is 18.0. The monoisotopic (exact) mass is 408 g/mol. The zero-order chi connectivity index (χ0) is 20.6. The molecule has 0 bridgehead atoms. The summed E-state index contributed by atoms with van der Waals surface area (Å²) in [7, 11) is 0. The Morgan fingerprint density at radius 3 is 2.10 bits per heavy atom. The Labute approximate surface area is 180 Å². The first-order chi connectivity index (χ1) is 14.8. The molecule has 3 N–H and O–H groups in total. The number of anilines is 2. The van der Waals surface area contributed by atoms with Crippen molar-refractivity contribution in [2.75, 3.05) is 56.0 Å². The maximum atomic E-state index is 12.5. The fourth-order valence-electron chi connectivity index (χ4n) is 4.71. The van der Waals surface area contributed by atoms with Crippen LogP contribution in [-0.2, 0) is 11.3 Å². The summed E-state index contributed by atoms with van der Waals surface area (Å²) < 4.78 is 0. The van der Waals surface area contributed by atoms with Gasteiger partial charge in [0.25, 0.3) is 5.91 Å². The van der Waals surface area contributed by atoms with Crippen LogP contribution in [0.2, 0.25) is 0 Å². The fourth-order valence-corrected chi connectivity index (χ4v) is 4.71. The predicted octanol–water partition coefficient (Wildman–Crippen LogP) is 0.989. The van der Waals surface area contributed by atoms with Gasteiger partial charge in [-0.15, -0.1) is 0 Å². The quantitative estimate of drug-likeness (QED) is 0.667. The minimum absolute atomic E-state index is 0.124. The lowest BCUT2D eigenvalue weighted by molar-refractivity contribution is -1.02. The van der Waals surface area contributed by atoms with E-state index in [1.807, 2.05) is 0 Å². The van der Waals surface area contributed by atoms with Gasteiger partial charge >= 0.3 is 0 Å². The largest absolute Gasteiger partial charge is 0.372 e. The summed E-state index contributed by atoms with van der Waals surface area (Å²) in [6, 6.07) is 19.1. The molecule has 2 aliphatic rings. The van der Waals surface area contributed by atoms with Gasteiger partial charge in [-0.1, -0.05) is 43.2 Å². The number of amides is 1. The van der Waals surface area contributed by atoms with Crippen LogP contribution in [0.5, 0.6) is 0 Å². The highest BCUT2D eigenvalue weighted by molar-refractivity contribution is 5.91. The maximum absolute atomic E-state index is 12.5. The van der Waals surface area contributed by atoms with Crippen molar-refractivity contribution in [3.8, 4) is 0 Å². The van der Waals surface area contributed by atoms with Crippen LogP contribution in [0.1, 0.15) is 31.2 Å². The summed E-state index contributed by atoms with van der Waals surface area (Å²) in [5, 5.41) is 3.10. The van der Waals surface area contributed by atoms with E-state index in [9.17, 15) is 4.79 Å². The van der Waals surface area contributed by atoms with E-state index in [1.54, 1.807) is 4.90 Å². The van der Waals surface area contributed by atoms with Crippen LogP contribution in [0, 0.1) is 0 Å². The number of quaternary nitrogens is 2. The Morgan fingerprint density at radius 2 is 1.43 bits per heavy atom. The van der Waals surface area contributed by atoms with Crippen molar-refractivity contribution in [3.63, 3.8) is 0 Å². The minimum atomic E-state index is 0.124. The highest BCUT2D eigenvalue weighted by atomic mass is 16.2. The predicted molar refractivity (Wildman–Crippen MR) is 122 cm³/mol. The Kier molecular flexibility index (Phi) is 7.38. The van der Waals surface area contributed by atoms with E-state index in [4.69, 9.17) is 0 Å². The number of hydrogen-bond acceptors (Lipinski definition) is 2. The summed E-state index contributed by atoms with van der Waals surface area (Å²) in [6.45, 7) is 8.31. The van der Waals surface area contributed by atoms with E-state index >= 15 is 0 Å². The standard InChI is InChI=1S/C25H34N4O/c30-25(21-28-18-16-27(17-19-28)20-22-8-4-3-5-9-22)26-23-10-12-24(13-11-23)29-14-6-1-2-7-15-29/h3-5,8-13H,1-2,6-7,14-21H2,(H,26,30)/p+2. The van der Waals surface area contributed by atoms with Crippen LogP contribution in [0.3, 0.4) is 0 Å². The fraction of sp³-hybridized carbons (Fsp3) is 0.480. The second kappa shape index (κ2) is 10.6. The van der Waals surface area contributed by atoms with Gasteiger partial charge in [0.05, 0.1) is 0 Å². The van der Waals surface area contributed by atoms with Gasteiger partial charge in [0.1, 0.15) is 32.7 Å². The molecule has 0 aliphatic carbocycles. The third kappa shape index (κ3) is 6.07. The molecule has 0 aromatic heterocycles. The lowest BCUT2D eigenvalue weighted by Gasteiger charge is -2.29. The third-order valence-electron chi connectivity index (χ3n) is 6.49. The molecule has 2 heterocycles. The SMILES string of the molecule is O=C(C[NH+]1CC[NH+](Cc2ccccc2)CC1)Nc1ccc(N2CCCCCC2)cc1. The van der Waals surface area contributed by atoms with Gasteiger partial charge in [-0.25, -0.2) is 0 Å². The van der Waals surface area contributed by atoms with Crippen molar-refractivity contribution in [1.29, 1.82) is 0 Å². The normalized spacial score (nSPS) is 22.3. The van der Waals surface area contributed by atoms with Gasteiger partial charge < -0.3 is 20.0 Å². The second-order valence-electron chi connectivity index (χ2n) is 8.84. The van der Waals surface area contributed by atoms with E-state index in [0.717, 1.165) is 51.5 Å². The zero-order valence-electron chi connectivity index (χ0n) is 18.0. The second-order valence-corrected chi connectivity index (χ2v) is 8.84. The Balaban J connectivity index is 1.20. The van der Waals surface area contributed by atoms with Crippen molar-refractivity contribution >= 4 is 17.3 Å². The van der Waals surface area contributed by atoms with Crippen molar-refractivity contribution in [2.45, 2.75) is 32.2 Å². The maximum Gasteiger partial charge on any atom is 0.279 e. The molecular weight excluding hydrogens is 372 g/mol. The number of carbonyl (C=O) groups excluding carboxylic acids is 1. The van der Waals surface area contributed by atoms with Crippen LogP contribution >= 0.6 is 0 Å². The average molecular weight is 409 g/mol. The molecule has 0 spiro atoms. The summed E-state index contributed by atoms with van der Waals surface area (Å²) >= 11 is 0. The first kappa shape index (κ1) is 20.9. The molecule has 0 saturated carbocycles. The highest BCUT2D eigenvalue weighted by Gasteiger charge is 2.24. The summed E-state index contributed by atoms with van der Waals surface area (Å²) in [5.41, 5.74) is 3.58. The van der Waals surface area contributed by atoms with Crippen molar-refractivity contribution < 1.29 is 14.6 Å². The molecule has 5 nitrogen and oxygen atoms in total. The van der Waals surface area contributed by atoms with Gasteiger partial charge in [-0.05, 0) is 37.1 Å². The van der Waals surface area contributed by atoms with E-state index in [1.165, 1.54) is 41.8 Å². The number of piperazine rings is 1. The number of nitrogens with zero attached hydrogens (tertiary/aromatic N) is 1. The molecule has 2 saturated heterocycles. The van der Waals surface area contributed by atoms with Gasteiger partial charge in [-0.2, -0.15) is 0 Å². The van der Waals surface area contributed by atoms with Gasteiger partial charge in [0, 0.05) is 30.0 Å². The molecule has 160 valence electrons. The van der Waals surface area contributed by atoms with Gasteiger partial charge in [0.15, 0.2) is 6.54 Å². The van der Waals surface area contributed by atoms with E-state index in [0.29, 0.717) is 6.54 Å². The number of rotatable bonds is 6. The summed E-state index contributed by atoms with van der Waals surface area (Å²) in [4.78, 5) is 18.0. The molecular formula is C25H36N4O+2. The molecule has 0 atom stereocenters.